The number of furan rings is 1. The predicted octanol–water partition coefficient (Wildman–Crippen LogP) is 5.69. The third-order valence-corrected chi connectivity index (χ3v) is 6.09. The molecule has 1 amide bonds. The van der Waals surface area contributed by atoms with Crippen molar-refractivity contribution in [3.8, 4) is 5.75 Å². The number of aromatic nitrogens is 1. The summed E-state index contributed by atoms with van der Waals surface area (Å²) in [7, 11) is 1.65. The quantitative estimate of drug-likeness (QED) is 0.345. The Kier molecular flexibility index (Phi) is 6.35. The third kappa shape index (κ3) is 4.66. The molecule has 154 valence electrons. The normalized spacial score (nSPS) is 11.0. The van der Waals surface area contributed by atoms with Gasteiger partial charge in [0.1, 0.15) is 11.5 Å². The Labute approximate surface area is 183 Å². The van der Waals surface area contributed by atoms with Crippen molar-refractivity contribution in [3.63, 3.8) is 0 Å². The summed E-state index contributed by atoms with van der Waals surface area (Å²) in [6.45, 7) is 0.534. The monoisotopic (exact) mass is 440 g/mol. The van der Waals surface area contributed by atoms with E-state index in [0.717, 1.165) is 33.5 Å². The number of hydrogen-bond acceptors (Lipinski definition) is 4. The number of ether oxygens (including phenoxy) is 1. The molecule has 0 aliphatic carbocycles. The molecular weight excluding hydrogens is 420 g/mol. The first-order valence-electron chi connectivity index (χ1n) is 9.51. The fraction of sp³-hybridized carbons (Fsp3) is 0.174. The van der Waals surface area contributed by atoms with E-state index in [-0.39, 0.29) is 5.91 Å². The van der Waals surface area contributed by atoms with Crippen molar-refractivity contribution in [2.24, 2.45) is 0 Å². The van der Waals surface area contributed by atoms with Crippen molar-refractivity contribution >= 4 is 40.2 Å². The highest BCUT2D eigenvalue weighted by Crippen LogP contribution is 2.26. The largest absolute Gasteiger partial charge is 0.497 e. The summed E-state index contributed by atoms with van der Waals surface area (Å²) >= 11 is 7.52. The molecule has 7 heteroatoms. The van der Waals surface area contributed by atoms with Gasteiger partial charge < -0.3 is 19.5 Å². The van der Waals surface area contributed by atoms with Crippen LogP contribution in [-0.2, 0) is 12.2 Å². The van der Waals surface area contributed by atoms with Crippen LogP contribution in [0.1, 0.15) is 21.7 Å². The molecule has 5 nitrogen and oxygen atoms in total. The van der Waals surface area contributed by atoms with Crippen LogP contribution in [0.25, 0.3) is 10.9 Å². The average Bonchev–Trinajstić information content (AvgIpc) is 3.40. The fourth-order valence-electron chi connectivity index (χ4n) is 3.24. The van der Waals surface area contributed by atoms with Gasteiger partial charge in [-0.25, -0.2) is 0 Å². The molecule has 0 saturated carbocycles. The van der Waals surface area contributed by atoms with Crippen molar-refractivity contribution in [2.75, 3.05) is 13.7 Å². The number of methoxy groups -OCH3 is 1. The van der Waals surface area contributed by atoms with Gasteiger partial charge in [0, 0.05) is 39.6 Å². The van der Waals surface area contributed by atoms with Crippen molar-refractivity contribution in [1.29, 1.82) is 0 Å². The van der Waals surface area contributed by atoms with Gasteiger partial charge in [-0.15, -0.1) is 11.8 Å². The Bertz CT molecular complexity index is 1150. The van der Waals surface area contributed by atoms with Crippen LogP contribution in [0.5, 0.6) is 5.75 Å². The molecule has 2 N–H and O–H groups in total. The Morgan fingerprint density at radius 2 is 2.03 bits per heavy atom. The molecule has 0 aliphatic heterocycles. The van der Waals surface area contributed by atoms with E-state index in [4.69, 9.17) is 20.8 Å². The standard InChI is InChI=1S/C23H21ClN2O3S/c1-28-17-4-7-19-15(13-26-21(19)12-17)8-10-25-23(27)20-9-11-29-22(20)14-30-18-5-2-16(24)3-6-18/h2-7,9,11-13,26H,8,10,14H2,1H3,(H,25,27). The zero-order valence-corrected chi connectivity index (χ0v) is 18.0. The zero-order chi connectivity index (χ0) is 20.9. The summed E-state index contributed by atoms with van der Waals surface area (Å²) in [5, 5.41) is 4.83. The molecule has 0 saturated heterocycles. The van der Waals surface area contributed by atoms with Gasteiger partial charge in [-0.2, -0.15) is 0 Å². The van der Waals surface area contributed by atoms with Crippen LogP contribution < -0.4 is 10.1 Å². The second-order valence-electron chi connectivity index (χ2n) is 6.73. The molecule has 0 fully saturated rings. The number of benzene rings is 2. The lowest BCUT2D eigenvalue weighted by Gasteiger charge is -2.06. The summed E-state index contributed by atoms with van der Waals surface area (Å²) in [5.41, 5.74) is 2.74. The maximum atomic E-state index is 12.6. The van der Waals surface area contributed by atoms with E-state index in [0.29, 0.717) is 28.6 Å². The fourth-order valence-corrected chi connectivity index (χ4v) is 4.22. The van der Waals surface area contributed by atoms with Gasteiger partial charge in [0.25, 0.3) is 5.91 Å². The first kappa shape index (κ1) is 20.4. The van der Waals surface area contributed by atoms with Crippen LogP contribution in [0.3, 0.4) is 0 Å². The van der Waals surface area contributed by atoms with Crippen LogP contribution in [0.15, 0.2) is 70.3 Å². The molecule has 4 rings (SSSR count). The minimum Gasteiger partial charge on any atom is -0.497 e. The Morgan fingerprint density at radius 1 is 1.20 bits per heavy atom. The smallest absolute Gasteiger partial charge is 0.254 e. The van der Waals surface area contributed by atoms with E-state index in [1.807, 2.05) is 48.7 Å². The van der Waals surface area contributed by atoms with Gasteiger partial charge in [-0.3, -0.25) is 4.79 Å². The molecule has 4 aromatic rings. The third-order valence-electron chi connectivity index (χ3n) is 4.83. The van der Waals surface area contributed by atoms with E-state index in [9.17, 15) is 4.79 Å². The second-order valence-corrected chi connectivity index (χ2v) is 8.22. The van der Waals surface area contributed by atoms with Crippen molar-refractivity contribution in [3.05, 3.63) is 82.9 Å². The molecule has 2 aromatic carbocycles. The predicted molar refractivity (Wildman–Crippen MR) is 121 cm³/mol. The lowest BCUT2D eigenvalue weighted by Crippen LogP contribution is -2.26. The SMILES string of the molecule is COc1ccc2c(CCNC(=O)c3ccoc3CSc3ccc(Cl)cc3)c[nH]c2c1. The molecule has 0 spiro atoms. The zero-order valence-electron chi connectivity index (χ0n) is 16.4. The lowest BCUT2D eigenvalue weighted by molar-refractivity contribution is 0.0952. The molecule has 0 bridgehead atoms. The highest BCUT2D eigenvalue weighted by atomic mass is 35.5. The second kappa shape index (κ2) is 9.32. The van der Waals surface area contributed by atoms with Crippen LogP contribution >= 0.6 is 23.4 Å². The number of halogens is 1. The van der Waals surface area contributed by atoms with Crippen LogP contribution in [0, 0.1) is 0 Å². The van der Waals surface area contributed by atoms with E-state index in [1.54, 1.807) is 31.2 Å². The van der Waals surface area contributed by atoms with Gasteiger partial charge >= 0.3 is 0 Å². The van der Waals surface area contributed by atoms with Crippen molar-refractivity contribution in [1.82, 2.24) is 10.3 Å². The Balaban J connectivity index is 1.34. The molecule has 0 radical (unpaired) electrons. The van der Waals surface area contributed by atoms with Crippen molar-refractivity contribution < 1.29 is 13.9 Å². The van der Waals surface area contributed by atoms with E-state index in [1.165, 1.54) is 0 Å². The van der Waals surface area contributed by atoms with Crippen molar-refractivity contribution in [2.45, 2.75) is 17.1 Å². The summed E-state index contributed by atoms with van der Waals surface area (Å²) < 4.78 is 10.8. The van der Waals surface area contributed by atoms with Gasteiger partial charge in [-0.1, -0.05) is 11.6 Å². The maximum Gasteiger partial charge on any atom is 0.254 e. The molecule has 0 atom stereocenters. The number of carbonyl (C=O) groups is 1. The van der Waals surface area contributed by atoms with Gasteiger partial charge in [0.05, 0.1) is 24.7 Å². The van der Waals surface area contributed by atoms with Gasteiger partial charge in [0.15, 0.2) is 0 Å². The van der Waals surface area contributed by atoms with Crippen LogP contribution in [-0.4, -0.2) is 24.5 Å². The number of aromatic amines is 1. The molecular formula is C23H21ClN2O3S. The Morgan fingerprint density at radius 3 is 2.83 bits per heavy atom. The number of rotatable bonds is 8. The average molecular weight is 441 g/mol. The molecule has 0 unspecified atom stereocenters. The molecule has 0 aliphatic rings. The first-order valence-corrected chi connectivity index (χ1v) is 10.9. The summed E-state index contributed by atoms with van der Waals surface area (Å²) in [5.74, 6) is 1.92. The maximum absolute atomic E-state index is 12.6. The minimum atomic E-state index is -0.128. The van der Waals surface area contributed by atoms with E-state index >= 15 is 0 Å². The highest BCUT2D eigenvalue weighted by molar-refractivity contribution is 7.98. The van der Waals surface area contributed by atoms with Crippen LogP contribution in [0.4, 0.5) is 0 Å². The highest BCUT2D eigenvalue weighted by Gasteiger charge is 2.15. The summed E-state index contributed by atoms with van der Waals surface area (Å²) in [6, 6.07) is 15.2. The first-order chi connectivity index (χ1) is 14.6. The number of fused-ring (bicyclic) bond motifs is 1. The number of H-pyrrole nitrogens is 1. The number of nitrogens with one attached hydrogen (secondary N) is 2. The molecule has 30 heavy (non-hydrogen) atoms. The molecule has 2 heterocycles. The minimum absolute atomic E-state index is 0.128. The lowest BCUT2D eigenvalue weighted by atomic mass is 10.1. The topological polar surface area (TPSA) is 67.3 Å². The van der Waals surface area contributed by atoms with Gasteiger partial charge in [0.2, 0.25) is 0 Å². The number of thioether (sulfide) groups is 1. The Hall–Kier alpha value is -2.83. The van der Waals surface area contributed by atoms with E-state index in [2.05, 4.69) is 10.3 Å². The summed E-state index contributed by atoms with van der Waals surface area (Å²) in [4.78, 5) is 17.0. The summed E-state index contributed by atoms with van der Waals surface area (Å²) in [6.07, 6.45) is 4.26. The number of carbonyl (C=O) groups excluding carboxylic acids is 1. The number of amides is 1. The number of hydrogen-bond donors (Lipinski definition) is 2. The van der Waals surface area contributed by atoms with Gasteiger partial charge in [-0.05, 0) is 54.4 Å². The van der Waals surface area contributed by atoms with Crippen LogP contribution in [0.2, 0.25) is 5.02 Å². The molecule has 2 aromatic heterocycles. The van der Waals surface area contributed by atoms with E-state index < -0.39 is 0 Å².